The number of aromatic nitrogens is 2. The predicted octanol–water partition coefficient (Wildman–Crippen LogP) is 3.63. The summed E-state index contributed by atoms with van der Waals surface area (Å²) in [5.41, 5.74) is -0.779. The Morgan fingerprint density at radius 1 is 1.28 bits per heavy atom. The molecule has 3 rings (SSSR count). The Morgan fingerprint density at radius 3 is 2.72 bits per heavy atom. The molecule has 2 heterocycles. The van der Waals surface area contributed by atoms with E-state index in [1.54, 1.807) is 6.07 Å². The largest absolute Gasteiger partial charge is 0.434 e. The number of hydrogen-bond acceptors (Lipinski definition) is 3. The second-order valence-electron chi connectivity index (χ2n) is 4.29. The van der Waals surface area contributed by atoms with Crippen LogP contribution in [0.2, 0.25) is 0 Å². The minimum atomic E-state index is -4.49. The van der Waals surface area contributed by atoms with Gasteiger partial charge in [0.25, 0.3) is 0 Å². The fourth-order valence-corrected chi connectivity index (χ4v) is 1.81. The summed E-state index contributed by atoms with van der Waals surface area (Å²) in [7, 11) is 0. The van der Waals surface area contributed by atoms with Gasteiger partial charge in [0.15, 0.2) is 5.69 Å². The summed E-state index contributed by atoms with van der Waals surface area (Å²) in [6.45, 7) is 0. The van der Waals surface area contributed by atoms with Crippen LogP contribution in [0.15, 0.2) is 28.9 Å². The molecule has 0 atom stereocenters. The van der Waals surface area contributed by atoms with Gasteiger partial charge in [0.2, 0.25) is 0 Å². The summed E-state index contributed by atoms with van der Waals surface area (Å²) in [4.78, 5) is 3.39. The van der Waals surface area contributed by atoms with Crippen LogP contribution < -0.4 is 0 Å². The van der Waals surface area contributed by atoms with Gasteiger partial charge in [-0.15, -0.1) is 0 Å². The number of hydrogen-bond donors (Lipinski definition) is 0. The Hall–Kier alpha value is -1.85. The van der Waals surface area contributed by atoms with Crippen LogP contribution in [0.1, 0.15) is 30.2 Å². The van der Waals surface area contributed by atoms with Crippen LogP contribution in [0.3, 0.4) is 0 Å². The number of nitrogens with zero attached hydrogens (tertiary/aromatic N) is 2. The van der Waals surface area contributed by atoms with Gasteiger partial charge in [-0.05, 0) is 25.0 Å². The van der Waals surface area contributed by atoms with Crippen molar-refractivity contribution in [3.8, 4) is 11.3 Å². The van der Waals surface area contributed by atoms with Crippen molar-refractivity contribution in [2.45, 2.75) is 24.9 Å². The number of pyridine rings is 1. The molecule has 1 aliphatic rings. The summed E-state index contributed by atoms with van der Waals surface area (Å²) in [6, 6.07) is 4.38. The van der Waals surface area contributed by atoms with E-state index in [0.717, 1.165) is 19.0 Å². The molecule has 6 heteroatoms. The van der Waals surface area contributed by atoms with E-state index in [-0.39, 0.29) is 11.3 Å². The molecule has 0 bridgehead atoms. The standard InChI is InChI=1S/C12H9F3N2O/c13-12(14,15)11-8(2-1-5-16-11)9-6-10(18-17-9)7-3-4-7/h1-2,5-7H,3-4H2. The van der Waals surface area contributed by atoms with Crippen LogP contribution >= 0.6 is 0 Å². The third kappa shape index (κ3) is 1.98. The fourth-order valence-electron chi connectivity index (χ4n) is 1.81. The van der Waals surface area contributed by atoms with E-state index in [4.69, 9.17) is 4.52 Å². The van der Waals surface area contributed by atoms with Crippen molar-refractivity contribution >= 4 is 0 Å². The second-order valence-corrected chi connectivity index (χ2v) is 4.29. The Balaban J connectivity index is 2.04. The van der Waals surface area contributed by atoms with Crippen molar-refractivity contribution < 1.29 is 17.7 Å². The molecule has 0 amide bonds. The molecule has 2 aromatic rings. The molecule has 0 unspecified atom stereocenters. The lowest BCUT2D eigenvalue weighted by Crippen LogP contribution is -2.09. The van der Waals surface area contributed by atoms with Gasteiger partial charge in [-0.25, -0.2) is 0 Å². The molecule has 1 saturated carbocycles. The van der Waals surface area contributed by atoms with E-state index in [2.05, 4.69) is 10.1 Å². The van der Waals surface area contributed by atoms with E-state index in [0.29, 0.717) is 11.7 Å². The number of alkyl halides is 3. The molecule has 0 spiro atoms. The zero-order chi connectivity index (χ0) is 12.8. The van der Waals surface area contributed by atoms with E-state index in [9.17, 15) is 13.2 Å². The van der Waals surface area contributed by atoms with Gasteiger partial charge >= 0.3 is 6.18 Å². The van der Waals surface area contributed by atoms with Gasteiger partial charge in [-0.1, -0.05) is 5.16 Å². The van der Waals surface area contributed by atoms with Crippen LogP contribution in [0.5, 0.6) is 0 Å². The lowest BCUT2D eigenvalue weighted by atomic mass is 10.1. The molecule has 1 fully saturated rings. The predicted molar refractivity (Wildman–Crippen MR) is 56.7 cm³/mol. The SMILES string of the molecule is FC(F)(F)c1ncccc1-c1cc(C2CC2)on1. The molecule has 1 aliphatic carbocycles. The topological polar surface area (TPSA) is 38.9 Å². The van der Waals surface area contributed by atoms with Crippen LogP contribution in [0.4, 0.5) is 13.2 Å². The maximum absolute atomic E-state index is 12.8. The van der Waals surface area contributed by atoms with Gasteiger partial charge < -0.3 is 4.52 Å². The molecule has 3 nitrogen and oxygen atoms in total. The first kappa shape index (κ1) is 11.3. The van der Waals surface area contributed by atoms with Crippen LogP contribution in [-0.2, 0) is 6.18 Å². The lowest BCUT2D eigenvalue weighted by Gasteiger charge is -2.08. The van der Waals surface area contributed by atoms with Crippen molar-refractivity contribution in [3.63, 3.8) is 0 Å². The highest BCUT2D eigenvalue weighted by atomic mass is 19.4. The minimum Gasteiger partial charge on any atom is -0.360 e. The van der Waals surface area contributed by atoms with E-state index in [1.807, 2.05) is 0 Å². The molecule has 0 saturated heterocycles. The van der Waals surface area contributed by atoms with Crippen molar-refractivity contribution in [2.24, 2.45) is 0 Å². The Labute approximate surface area is 101 Å². The zero-order valence-electron chi connectivity index (χ0n) is 9.24. The van der Waals surface area contributed by atoms with E-state index < -0.39 is 11.9 Å². The quantitative estimate of drug-likeness (QED) is 0.821. The summed E-state index contributed by atoms with van der Waals surface area (Å²) >= 11 is 0. The summed E-state index contributed by atoms with van der Waals surface area (Å²) in [6.07, 6.45) is -1.36. The molecule has 94 valence electrons. The molecular formula is C12H9F3N2O. The van der Waals surface area contributed by atoms with Crippen LogP contribution in [0, 0.1) is 0 Å². The van der Waals surface area contributed by atoms with Gasteiger partial charge in [-0.3, -0.25) is 4.98 Å². The first-order valence-electron chi connectivity index (χ1n) is 5.55. The van der Waals surface area contributed by atoms with Gasteiger partial charge in [0.1, 0.15) is 11.5 Å². The van der Waals surface area contributed by atoms with Crippen molar-refractivity contribution in [2.75, 3.05) is 0 Å². The third-order valence-electron chi connectivity index (χ3n) is 2.86. The highest BCUT2D eigenvalue weighted by Gasteiger charge is 2.36. The van der Waals surface area contributed by atoms with Gasteiger partial charge in [-0.2, -0.15) is 13.2 Å². The number of halogens is 3. The highest BCUT2D eigenvalue weighted by molar-refractivity contribution is 5.62. The molecule has 2 aromatic heterocycles. The Kier molecular flexibility index (Phi) is 2.39. The first-order chi connectivity index (χ1) is 8.55. The monoisotopic (exact) mass is 254 g/mol. The lowest BCUT2D eigenvalue weighted by molar-refractivity contribution is -0.140. The maximum Gasteiger partial charge on any atom is 0.434 e. The molecular weight excluding hydrogens is 245 g/mol. The van der Waals surface area contributed by atoms with Crippen LogP contribution in [-0.4, -0.2) is 10.1 Å². The van der Waals surface area contributed by atoms with Crippen molar-refractivity contribution in [1.82, 2.24) is 10.1 Å². The normalized spacial score (nSPS) is 15.9. The average molecular weight is 254 g/mol. The van der Waals surface area contributed by atoms with Crippen LogP contribution in [0.25, 0.3) is 11.3 Å². The summed E-state index contributed by atoms with van der Waals surface area (Å²) < 4.78 is 43.4. The zero-order valence-corrected chi connectivity index (χ0v) is 9.24. The first-order valence-corrected chi connectivity index (χ1v) is 5.55. The molecule has 0 N–H and O–H groups in total. The van der Waals surface area contributed by atoms with Crippen molar-refractivity contribution in [1.29, 1.82) is 0 Å². The third-order valence-corrected chi connectivity index (χ3v) is 2.86. The maximum atomic E-state index is 12.8. The molecule has 18 heavy (non-hydrogen) atoms. The highest BCUT2D eigenvalue weighted by Crippen LogP contribution is 2.42. The Bertz CT molecular complexity index is 573. The van der Waals surface area contributed by atoms with Crippen molar-refractivity contribution in [3.05, 3.63) is 35.9 Å². The Morgan fingerprint density at radius 2 is 2.06 bits per heavy atom. The van der Waals surface area contributed by atoms with E-state index >= 15 is 0 Å². The minimum absolute atomic E-state index is 0.0411. The summed E-state index contributed by atoms with van der Waals surface area (Å²) in [5.74, 6) is 0.972. The molecule has 0 aromatic carbocycles. The summed E-state index contributed by atoms with van der Waals surface area (Å²) in [5, 5.41) is 3.71. The molecule has 0 aliphatic heterocycles. The second kappa shape index (κ2) is 3.83. The smallest absolute Gasteiger partial charge is 0.360 e. The van der Waals surface area contributed by atoms with Gasteiger partial charge in [0.05, 0.1) is 0 Å². The number of rotatable bonds is 2. The molecule has 0 radical (unpaired) electrons. The van der Waals surface area contributed by atoms with Gasteiger partial charge in [0, 0.05) is 23.7 Å². The fraction of sp³-hybridized carbons (Fsp3) is 0.333. The van der Waals surface area contributed by atoms with E-state index in [1.165, 1.54) is 12.1 Å². The average Bonchev–Trinajstić information content (AvgIpc) is 3.06.